The maximum absolute atomic E-state index is 5.96. The van der Waals surface area contributed by atoms with Crippen LogP contribution in [0.3, 0.4) is 0 Å². The van der Waals surface area contributed by atoms with Gasteiger partial charge in [-0.2, -0.15) is 0 Å². The number of hydrogen-bond donors (Lipinski definition) is 1. The number of ether oxygens (including phenoxy) is 1. The zero-order valence-electron chi connectivity index (χ0n) is 13.2. The Bertz CT molecular complexity index is 379. The van der Waals surface area contributed by atoms with E-state index in [1.165, 1.54) is 36.8 Å². The fourth-order valence-corrected chi connectivity index (χ4v) is 2.74. The highest BCUT2D eigenvalue weighted by Gasteiger charge is 2.15. The first-order valence-electron chi connectivity index (χ1n) is 8.09. The van der Waals surface area contributed by atoms with Gasteiger partial charge in [0.05, 0.1) is 12.7 Å². The molecule has 0 amide bonds. The largest absolute Gasteiger partial charge is 0.374 e. The van der Waals surface area contributed by atoms with E-state index in [1.807, 2.05) is 0 Å². The molecule has 112 valence electrons. The van der Waals surface area contributed by atoms with Gasteiger partial charge in [-0.1, -0.05) is 57.9 Å². The van der Waals surface area contributed by atoms with Crippen molar-refractivity contribution in [3.63, 3.8) is 0 Å². The Balaban J connectivity index is 1.79. The summed E-state index contributed by atoms with van der Waals surface area (Å²) in [6.07, 6.45) is 5.67. The molecule has 1 aliphatic rings. The van der Waals surface area contributed by atoms with E-state index in [0.717, 1.165) is 13.2 Å². The Morgan fingerprint density at radius 1 is 1.10 bits per heavy atom. The first kappa shape index (κ1) is 15.5. The molecule has 0 radical (unpaired) electrons. The van der Waals surface area contributed by atoms with Gasteiger partial charge in [0, 0.05) is 12.6 Å². The van der Waals surface area contributed by atoms with Crippen LogP contribution in [0.2, 0.25) is 0 Å². The molecule has 1 atom stereocenters. The third-order valence-corrected chi connectivity index (χ3v) is 4.17. The fourth-order valence-electron chi connectivity index (χ4n) is 2.74. The molecule has 1 fully saturated rings. The van der Waals surface area contributed by atoms with E-state index < -0.39 is 0 Å². The summed E-state index contributed by atoms with van der Waals surface area (Å²) in [5, 5.41) is 3.50. The highest BCUT2D eigenvalue weighted by atomic mass is 16.5. The summed E-state index contributed by atoms with van der Waals surface area (Å²) in [6, 6.07) is 9.49. The van der Waals surface area contributed by atoms with E-state index in [0.29, 0.717) is 18.1 Å². The third-order valence-electron chi connectivity index (χ3n) is 4.17. The van der Waals surface area contributed by atoms with Gasteiger partial charge in [-0.3, -0.25) is 0 Å². The number of hydrogen-bond acceptors (Lipinski definition) is 2. The van der Waals surface area contributed by atoms with Gasteiger partial charge >= 0.3 is 0 Å². The fraction of sp³-hybridized carbons (Fsp3) is 0.667. The molecule has 1 N–H and O–H groups in total. The molecule has 0 spiro atoms. The molecule has 1 saturated carbocycles. The second kappa shape index (κ2) is 7.80. The lowest BCUT2D eigenvalue weighted by Crippen LogP contribution is -2.26. The smallest absolute Gasteiger partial charge is 0.0720 e. The molecular formula is C18H29NO. The quantitative estimate of drug-likeness (QED) is 0.803. The zero-order chi connectivity index (χ0) is 14.4. The molecule has 2 rings (SSSR count). The first-order chi connectivity index (χ1) is 9.65. The van der Waals surface area contributed by atoms with Crippen molar-refractivity contribution < 1.29 is 4.74 Å². The molecule has 1 unspecified atom stereocenters. The summed E-state index contributed by atoms with van der Waals surface area (Å²) < 4.78 is 5.96. The minimum Gasteiger partial charge on any atom is -0.374 e. The second-order valence-corrected chi connectivity index (χ2v) is 6.42. The van der Waals surface area contributed by atoms with E-state index in [4.69, 9.17) is 4.74 Å². The van der Waals surface area contributed by atoms with E-state index in [-0.39, 0.29) is 0 Å². The minimum absolute atomic E-state index is 0.504. The van der Waals surface area contributed by atoms with Crippen LogP contribution < -0.4 is 5.32 Å². The van der Waals surface area contributed by atoms with Crippen molar-refractivity contribution in [3.8, 4) is 0 Å². The van der Waals surface area contributed by atoms with Crippen molar-refractivity contribution in [1.29, 1.82) is 0 Å². The molecular weight excluding hydrogens is 246 g/mol. The Morgan fingerprint density at radius 2 is 1.75 bits per heavy atom. The van der Waals surface area contributed by atoms with Gasteiger partial charge in [-0.15, -0.1) is 0 Å². The second-order valence-electron chi connectivity index (χ2n) is 6.42. The molecule has 2 nitrogen and oxygen atoms in total. The highest BCUT2D eigenvalue weighted by molar-refractivity contribution is 5.25. The molecule has 1 aromatic carbocycles. The Morgan fingerprint density at radius 3 is 2.35 bits per heavy atom. The summed E-state index contributed by atoms with van der Waals surface area (Å²) in [7, 11) is 0. The van der Waals surface area contributed by atoms with E-state index >= 15 is 0 Å². The van der Waals surface area contributed by atoms with Gasteiger partial charge in [0.1, 0.15) is 0 Å². The summed E-state index contributed by atoms with van der Waals surface area (Å²) >= 11 is 0. The van der Waals surface area contributed by atoms with Crippen LogP contribution >= 0.6 is 0 Å². The van der Waals surface area contributed by atoms with Gasteiger partial charge in [0.2, 0.25) is 0 Å². The van der Waals surface area contributed by atoms with Crippen LogP contribution in [-0.4, -0.2) is 18.7 Å². The predicted octanol–water partition coefficient (Wildman–Crippen LogP) is 4.25. The van der Waals surface area contributed by atoms with Crippen molar-refractivity contribution in [2.24, 2.45) is 0 Å². The van der Waals surface area contributed by atoms with Gasteiger partial charge in [-0.05, 0) is 29.9 Å². The summed E-state index contributed by atoms with van der Waals surface area (Å²) in [5.74, 6) is 0.558. The zero-order valence-corrected chi connectivity index (χ0v) is 13.2. The van der Waals surface area contributed by atoms with Crippen molar-refractivity contribution in [2.45, 2.75) is 71.1 Å². The first-order valence-corrected chi connectivity index (χ1v) is 8.09. The Hall–Kier alpha value is -0.860. The van der Waals surface area contributed by atoms with Crippen LogP contribution in [0.5, 0.6) is 0 Å². The summed E-state index contributed by atoms with van der Waals surface area (Å²) in [5.41, 5.74) is 2.70. The maximum Gasteiger partial charge on any atom is 0.0720 e. The predicted molar refractivity (Wildman–Crippen MR) is 85.0 cm³/mol. The number of nitrogens with one attached hydrogen (secondary N) is 1. The summed E-state index contributed by atoms with van der Waals surface area (Å²) in [4.78, 5) is 0. The lowest BCUT2D eigenvalue weighted by Gasteiger charge is -2.16. The molecule has 0 saturated heterocycles. The molecule has 0 heterocycles. The molecule has 0 aliphatic heterocycles. The lowest BCUT2D eigenvalue weighted by molar-refractivity contribution is 0.0457. The van der Waals surface area contributed by atoms with E-state index in [1.54, 1.807) is 0 Å². The van der Waals surface area contributed by atoms with Crippen LogP contribution in [0.25, 0.3) is 0 Å². The van der Waals surface area contributed by atoms with Gasteiger partial charge in [0.25, 0.3) is 0 Å². The number of rotatable bonds is 7. The van der Waals surface area contributed by atoms with Crippen molar-refractivity contribution in [3.05, 3.63) is 35.4 Å². The monoisotopic (exact) mass is 275 g/mol. The van der Waals surface area contributed by atoms with Crippen molar-refractivity contribution in [1.82, 2.24) is 5.32 Å². The molecule has 0 aromatic heterocycles. The molecule has 1 aliphatic carbocycles. The average Bonchev–Trinajstić information content (AvgIpc) is 2.96. The van der Waals surface area contributed by atoms with E-state index in [2.05, 4.69) is 50.4 Å². The molecule has 1 aromatic rings. The molecule has 20 heavy (non-hydrogen) atoms. The SMILES string of the molecule is CC(C)NCC(C)c1ccc(COC2CCCC2)cc1. The normalized spacial score (nSPS) is 17.8. The summed E-state index contributed by atoms with van der Waals surface area (Å²) in [6.45, 7) is 8.46. The maximum atomic E-state index is 5.96. The van der Waals surface area contributed by atoms with Crippen LogP contribution in [0, 0.1) is 0 Å². The average molecular weight is 275 g/mol. The Labute approximate surface area is 123 Å². The van der Waals surface area contributed by atoms with Crippen LogP contribution in [-0.2, 0) is 11.3 Å². The Kier molecular flexibility index (Phi) is 6.06. The van der Waals surface area contributed by atoms with Gasteiger partial charge in [-0.25, -0.2) is 0 Å². The molecule has 0 bridgehead atoms. The minimum atomic E-state index is 0.504. The van der Waals surface area contributed by atoms with Gasteiger partial charge in [0.15, 0.2) is 0 Å². The van der Waals surface area contributed by atoms with Crippen molar-refractivity contribution in [2.75, 3.05) is 6.54 Å². The standard InChI is InChI=1S/C18H29NO/c1-14(2)19-12-15(3)17-10-8-16(9-11-17)13-20-18-6-4-5-7-18/h8-11,14-15,18-19H,4-7,12-13H2,1-3H3. The third kappa shape index (κ3) is 4.92. The lowest BCUT2D eigenvalue weighted by atomic mass is 9.99. The van der Waals surface area contributed by atoms with E-state index in [9.17, 15) is 0 Å². The van der Waals surface area contributed by atoms with Crippen LogP contribution in [0.1, 0.15) is 63.5 Å². The van der Waals surface area contributed by atoms with Gasteiger partial charge < -0.3 is 10.1 Å². The number of benzene rings is 1. The van der Waals surface area contributed by atoms with Crippen LogP contribution in [0.15, 0.2) is 24.3 Å². The molecule has 2 heteroatoms. The topological polar surface area (TPSA) is 21.3 Å². The highest BCUT2D eigenvalue weighted by Crippen LogP contribution is 2.22. The van der Waals surface area contributed by atoms with Crippen molar-refractivity contribution >= 4 is 0 Å². The van der Waals surface area contributed by atoms with Crippen LogP contribution in [0.4, 0.5) is 0 Å².